The van der Waals surface area contributed by atoms with Gasteiger partial charge in [0, 0.05) is 0 Å². The third-order valence-corrected chi connectivity index (χ3v) is 2.56. The largest absolute Gasteiger partial charge is 0.329 e. The van der Waals surface area contributed by atoms with Crippen molar-refractivity contribution in [1.82, 2.24) is 0 Å². The Kier molecular flexibility index (Phi) is 5.72. The topological polar surface area (TPSA) is 38.7 Å². The normalized spacial score (nSPS) is 12.7. The minimum Gasteiger partial charge on any atom is -0.328 e. The monoisotopic (exact) mass is 214 g/mol. The second-order valence-corrected chi connectivity index (χ2v) is 3.72. The van der Waals surface area contributed by atoms with Crippen molar-refractivity contribution in [3.63, 3.8) is 0 Å². The van der Waals surface area contributed by atoms with Crippen molar-refractivity contribution in [3.05, 3.63) is 35.9 Å². The lowest BCUT2D eigenvalue weighted by atomic mass is 10.2. The summed E-state index contributed by atoms with van der Waals surface area (Å²) in [5.74, 6) is 0. The SMILES string of the molecule is CCOP(O)OCCc1ccccc1. The molecule has 0 aliphatic rings. The molecule has 0 saturated heterocycles. The molecule has 1 aromatic carbocycles. The summed E-state index contributed by atoms with van der Waals surface area (Å²) >= 11 is 0. The van der Waals surface area contributed by atoms with E-state index in [2.05, 4.69) is 0 Å². The summed E-state index contributed by atoms with van der Waals surface area (Å²) in [7, 11) is -1.68. The van der Waals surface area contributed by atoms with Gasteiger partial charge < -0.3 is 13.9 Å². The van der Waals surface area contributed by atoms with Crippen molar-refractivity contribution in [2.24, 2.45) is 0 Å². The van der Waals surface area contributed by atoms with Gasteiger partial charge >= 0.3 is 8.60 Å². The van der Waals surface area contributed by atoms with E-state index >= 15 is 0 Å². The molecule has 0 radical (unpaired) electrons. The Balaban J connectivity index is 2.16. The van der Waals surface area contributed by atoms with Gasteiger partial charge in [0.25, 0.3) is 0 Å². The van der Waals surface area contributed by atoms with Crippen LogP contribution in [0, 0.1) is 0 Å². The van der Waals surface area contributed by atoms with Crippen LogP contribution in [0.15, 0.2) is 30.3 Å². The van der Waals surface area contributed by atoms with Crippen molar-refractivity contribution in [1.29, 1.82) is 0 Å². The fraction of sp³-hybridized carbons (Fsp3) is 0.400. The van der Waals surface area contributed by atoms with Crippen molar-refractivity contribution >= 4 is 8.60 Å². The quantitative estimate of drug-likeness (QED) is 0.739. The molecule has 1 unspecified atom stereocenters. The van der Waals surface area contributed by atoms with Gasteiger partial charge in [0.05, 0.1) is 13.2 Å². The molecular formula is C10H15O3P. The Morgan fingerprint density at radius 2 is 1.93 bits per heavy atom. The molecule has 1 rings (SSSR count). The van der Waals surface area contributed by atoms with Crippen molar-refractivity contribution in [2.45, 2.75) is 13.3 Å². The Hall–Kier alpha value is -0.470. The molecule has 4 heteroatoms. The molecule has 0 aliphatic heterocycles. The summed E-state index contributed by atoms with van der Waals surface area (Å²) in [6, 6.07) is 10.0. The number of hydrogen-bond donors (Lipinski definition) is 1. The maximum atomic E-state index is 9.15. The molecule has 0 spiro atoms. The van der Waals surface area contributed by atoms with E-state index in [4.69, 9.17) is 13.9 Å². The zero-order valence-electron chi connectivity index (χ0n) is 8.22. The van der Waals surface area contributed by atoms with Gasteiger partial charge in [-0.05, 0) is 18.9 Å². The maximum Gasteiger partial charge on any atom is 0.329 e. The summed E-state index contributed by atoms with van der Waals surface area (Å²) in [6.07, 6.45) is 0.799. The molecule has 0 amide bonds. The molecule has 1 aromatic rings. The highest BCUT2D eigenvalue weighted by Crippen LogP contribution is 2.32. The Morgan fingerprint density at radius 3 is 2.57 bits per heavy atom. The predicted octanol–water partition coefficient (Wildman–Crippen LogP) is 2.50. The molecular weight excluding hydrogens is 199 g/mol. The highest BCUT2D eigenvalue weighted by atomic mass is 31.2. The summed E-state index contributed by atoms with van der Waals surface area (Å²) < 4.78 is 9.96. The van der Waals surface area contributed by atoms with Gasteiger partial charge in [-0.1, -0.05) is 30.3 Å². The Labute approximate surface area is 85.7 Å². The lowest BCUT2D eigenvalue weighted by molar-refractivity contribution is 0.209. The minimum absolute atomic E-state index is 0.480. The van der Waals surface area contributed by atoms with Crippen molar-refractivity contribution in [2.75, 3.05) is 13.2 Å². The fourth-order valence-corrected chi connectivity index (χ4v) is 1.58. The van der Waals surface area contributed by atoms with Gasteiger partial charge in [-0.2, -0.15) is 0 Å². The predicted molar refractivity (Wildman–Crippen MR) is 56.9 cm³/mol. The van der Waals surface area contributed by atoms with E-state index in [0.29, 0.717) is 13.2 Å². The molecule has 1 atom stereocenters. The van der Waals surface area contributed by atoms with Crippen LogP contribution in [0.4, 0.5) is 0 Å². The molecule has 0 bridgehead atoms. The van der Waals surface area contributed by atoms with Crippen LogP contribution in [-0.2, 0) is 15.5 Å². The molecule has 3 nitrogen and oxygen atoms in total. The van der Waals surface area contributed by atoms with Crippen LogP contribution in [0.25, 0.3) is 0 Å². The molecule has 1 N–H and O–H groups in total. The van der Waals surface area contributed by atoms with Gasteiger partial charge in [-0.25, -0.2) is 0 Å². The van der Waals surface area contributed by atoms with E-state index in [-0.39, 0.29) is 0 Å². The van der Waals surface area contributed by atoms with Gasteiger partial charge in [0.1, 0.15) is 0 Å². The number of benzene rings is 1. The van der Waals surface area contributed by atoms with E-state index in [9.17, 15) is 0 Å². The highest BCUT2D eigenvalue weighted by molar-refractivity contribution is 7.40. The lowest BCUT2D eigenvalue weighted by Gasteiger charge is -2.08. The van der Waals surface area contributed by atoms with Crippen LogP contribution < -0.4 is 0 Å². The first-order valence-corrected chi connectivity index (χ1v) is 5.74. The zero-order chi connectivity index (χ0) is 10.2. The van der Waals surface area contributed by atoms with Crippen molar-refractivity contribution < 1.29 is 13.9 Å². The van der Waals surface area contributed by atoms with Crippen LogP contribution in [0.3, 0.4) is 0 Å². The van der Waals surface area contributed by atoms with E-state index in [1.807, 2.05) is 37.3 Å². The number of rotatable bonds is 6. The molecule has 0 heterocycles. The smallest absolute Gasteiger partial charge is 0.328 e. The lowest BCUT2D eigenvalue weighted by Crippen LogP contribution is -1.96. The van der Waals surface area contributed by atoms with Crippen LogP contribution in [0.1, 0.15) is 12.5 Å². The summed E-state index contributed by atoms with van der Waals surface area (Å²) in [5, 5.41) is 0. The first-order valence-electron chi connectivity index (χ1n) is 4.61. The van der Waals surface area contributed by atoms with E-state index < -0.39 is 8.60 Å². The molecule has 0 saturated carbocycles. The van der Waals surface area contributed by atoms with Crippen LogP contribution >= 0.6 is 8.60 Å². The third-order valence-electron chi connectivity index (χ3n) is 1.67. The zero-order valence-corrected chi connectivity index (χ0v) is 9.11. The van der Waals surface area contributed by atoms with Crippen LogP contribution in [-0.4, -0.2) is 18.1 Å². The van der Waals surface area contributed by atoms with Crippen LogP contribution in [0.2, 0.25) is 0 Å². The second-order valence-electron chi connectivity index (χ2n) is 2.72. The number of hydrogen-bond acceptors (Lipinski definition) is 3. The molecule has 0 aromatic heterocycles. The van der Waals surface area contributed by atoms with Crippen LogP contribution in [0.5, 0.6) is 0 Å². The van der Waals surface area contributed by atoms with Gasteiger partial charge in [0.15, 0.2) is 0 Å². The highest BCUT2D eigenvalue weighted by Gasteiger charge is 2.04. The van der Waals surface area contributed by atoms with Gasteiger partial charge in [0.2, 0.25) is 0 Å². The average Bonchev–Trinajstić information content (AvgIpc) is 2.20. The summed E-state index contributed by atoms with van der Waals surface area (Å²) in [5.41, 5.74) is 1.20. The molecule has 14 heavy (non-hydrogen) atoms. The molecule has 0 fully saturated rings. The molecule has 78 valence electrons. The third kappa shape index (κ3) is 4.68. The van der Waals surface area contributed by atoms with E-state index in [1.165, 1.54) is 5.56 Å². The summed E-state index contributed by atoms with van der Waals surface area (Å²) in [4.78, 5) is 9.15. The van der Waals surface area contributed by atoms with Gasteiger partial charge in [-0.3, -0.25) is 0 Å². The Bertz CT molecular complexity index is 240. The maximum absolute atomic E-state index is 9.15. The second kappa shape index (κ2) is 6.91. The standard InChI is InChI=1S/C10H15O3P/c1-2-12-14(11)13-9-8-10-6-4-3-5-7-10/h3-7,11H,2,8-9H2,1H3. The fourth-order valence-electron chi connectivity index (χ4n) is 1.03. The molecule has 0 aliphatic carbocycles. The van der Waals surface area contributed by atoms with Gasteiger partial charge in [-0.15, -0.1) is 0 Å². The summed E-state index contributed by atoms with van der Waals surface area (Å²) in [6.45, 7) is 2.80. The minimum atomic E-state index is -1.68. The Morgan fingerprint density at radius 1 is 1.21 bits per heavy atom. The van der Waals surface area contributed by atoms with E-state index in [0.717, 1.165) is 6.42 Å². The first-order chi connectivity index (χ1) is 6.83. The first kappa shape index (κ1) is 11.6. The average molecular weight is 214 g/mol. The van der Waals surface area contributed by atoms with E-state index in [1.54, 1.807) is 0 Å². The van der Waals surface area contributed by atoms with Crippen molar-refractivity contribution in [3.8, 4) is 0 Å².